The molecule has 2 aromatic rings. The van der Waals surface area contributed by atoms with Crippen molar-refractivity contribution in [3.05, 3.63) is 53.1 Å². The number of piperazine rings is 1. The van der Waals surface area contributed by atoms with Crippen molar-refractivity contribution in [1.82, 2.24) is 9.80 Å². The molecular weight excluding hydrogens is 454 g/mol. The Balaban J connectivity index is 1.45. The zero-order chi connectivity index (χ0) is 24.1. The van der Waals surface area contributed by atoms with Crippen LogP contribution in [0.25, 0.3) is 0 Å². The van der Waals surface area contributed by atoms with E-state index in [9.17, 15) is 9.59 Å². The molecule has 8 heteroatoms. The van der Waals surface area contributed by atoms with Crippen LogP contribution in [0.1, 0.15) is 36.0 Å². The number of anilines is 1. The van der Waals surface area contributed by atoms with Gasteiger partial charge >= 0.3 is 0 Å². The van der Waals surface area contributed by atoms with Gasteiger partial charge in [-0.05, 0) is 43.0 Å². The normalized spacial score (nSPS) is 17.9. The second-order valence-corrected chi connectivity index (χ2v) is 9.26. The molecule has 1 saturated carbocycles. The Morgan fingerprint density at radius 3 is 2.29 bits per heavy atom. The molecule has 0 radical (unpaired) electrons. The molecule has 0 aromatic heterocycles. The van der Waals surface area contributed by atoms with Gasteiger partial charge in [0.2, 0.25) is 5.91 Å². The first-order chi connectivity index (χ1) is 16.5. The lowest BCUT2D eigenvalue weighted by Gasteiger charge is -2.40. The maximum atomic E-state index is 13.5. The van der Waals surface area contributed by atoms with Gasteiger partial charge in [-0.25, -0.2) is 0 Å². The Kier molecular flexibility index (Phi) is 7.95. The Morgan fingerprint density at radius 1 is 0.971 bits per heavy atom. The summed E-state index contributed by atoms with van der Waals surface area (Å²) in [6.07, 6.45) is 4.39. The molecule has 1 N–H and O–H groups in total. The molecular formula is C26H32ClN3O4. The smallest absolute Gasteiger partial charge is 0.255 e. The minimum atomic E-state index is -0.229. The molecule has 1 atom stereocenters. The molecule has 1 heterocycles. The van der Waals surface area contributed by atoms with E-state index < -0.39 is 0 Å². The number of carbonyl (C=O) groups excluding carboxylic acids is 2. The maximum absolute atomic E-state index is 13.5. The molecule has 2 aromatic carbocycles. The standard InChI is InChI=1S/C26H32ClN3O4/c1-33-22-12-11-19(17-23(22)34-2)28-25(31)24(18-7-3-4-8-18)29-13-15-30(16-14-29)26(32)20-9-5-6-10-21(20)27/h5-6,9-12,17-18,24H,3-4,7-8,13-16H2,1-2H3,(H,28,31)/t24-/m0/s1. The summed E-state index contributed by atoms with van der Waals surface area (Å²) in [4.78, 5) is 30.5. The number of nitrogens with one attached hydrogen (secondary N) is 1. The first kappa shape index (κ1) is 24.4. The van der Waals surface area contributed by atoms with Crippen LogP contribution >= 0.6 is 11.6 Å². The quantitative estimate of drug-likeness (QED) is 0.632. The van der Waals surface area contributed by atoms with Crippen LogP contribution in [0.2, 0.25) is 5.02 Å². The van der Waals surface area contributed by atoms with E-state index in [1.54, 1.807) is 38.5 Å². The number of amides is 2. The number of benzene rings is 2. The summed E-state index contributed by atoms with van der Waals surface area (Å²) >= 11 is 6.24. The third kappa shape index (κ3) is 5.31. The van der Waals surface area contributed by atoms with Gasteiger partial charge in [0.05, 0.1) is 30.8 Å². The Morgan fingerprint density at radius 2 is 1.65 bits per heavy atom. The highest BCUT2D eigenvalue weighted by atomic mass is 35.5. The van der Waals surface area contributed by atoms with E-state index >= 15 is 0 Å². The molecule has 182 valence electrons. The summed E-state index contributed by atoms with van der Waals surface area (Å²) in [5, 5.41) is 3.56. The van der Waals surface area contributed by atoms with Crippen LogP contribution in [0.4, 0.5) is 5.69 Å². The lowest BCUT2D eigenvalue weighted by atomic mass is 9.94. The fourth-order valence-corrected chi connectivity index (χ4v) is 5.31. The zero-order valence-electron chi connectivity index (χ0n) is 19.8. The number of hydrogen-bond donors (Lipinski definition) is 1. The lowest BCUT2D eigenvalue weighted by Crippen LogP contribution is -2.57. The summed E-state index contributed by atoms with van der Waals surface area (Å²) in [7, 11) is 3.16. The van der Waals surface area contributed by atoms with E-state index in [4.69, 9.17) is 21.1 Å². The van der Waals surface area contributed by atoms with Gasteiger partial charge in [0.25, 0.3) is 5.91 Å². The highest BCUT2D eigenvalue weighted by molar-refractivity contribution is 6.33. The fraction of sp³-hybridized carbons (Fsp3) is 0.462. The Labute approximate surface area is 206 Å². The van der Waals surface area contributed by atoms with Crippen molar-refractivity contribution in [2.24, 2.45) is 5.92 Å². The van der Waals surface area contributed by atoms with Gasteiger partial charge in [0.15, 0.2) is 11.5 Å². The highest BCUT2D eigenvalue weighted by Gasteiger charge is 2.37. The van der Waals surface area contributed by atoms with Crippen LogP contribution in [-0.2, 0) is 4.79 Å². The van der Waals surface area contributed by atoms with Crippen molar-refractivity contribution in [1.29, 1.82) is 0 Å². The molecule has 1 saturated heterocycles. The minimum absolute atomic E-state index is 0.00926. The third-order valence-corrected chi connectivity index (χ3v) is 7.19. The van der Waals surface area contributed by atoms with Gasteiger partial charge in [0, 0.05) is 37.9 Å². The molecule has 4 rings (SSSR count). The Hall–Kier alpha value is -2.77. The molecule has 1 aliphatic carbocycles. The fourth-order valence-electron chi connectivity index (χ4n) is 5.09. The molecule has 0 bridgehead atoms. The Bertz CT molecular complexity index is 1020. The monoisotopic (exact) mass is 485 g/mol. The van der Waals surface area contributed by atoms with Crippen molar-refractivity contribution in [3.63, 3.8) is 0 Å². The summed E-state index contributed by atoms with van der Waals surface area (Å²) in [6, 6.07) is 12.3. The number of halogens is 1. The van der Waals surface area contributed by atoms with Gasteiger partial charge in [0.1, 0.15) is 0 Å². The molecule has 34 heavy (non-hydrogen) atoms. The van der Waals surface area contributed by atoms with E-state index in [0.717, 1.165) is 25.7 Å². The number of methoxy groups -OCH3 is 2. The molecule has 7 nitrogen and oxygen atoms in total. The van der Waals surface area contributed by atoms with Crippen molar-refractivity contribution >= 4 is 29.1 Å². The number of hydrogen-bond acceptors (Lipinski definition) is 5. The first-order valence-corrected chi connectivity index (χ1v) is 12.2. The third-order valence-electron chi connectivity index (χ3n) is 6.87. The minimum Gasteiger partial charge on any atom is -0.493 e. The first-order valence-electron chi connectivity index (χ1n) is 11.8. The van der Waals surface area contributed by atoms with Crippen molar-refractivity contribution in [2.75, 3.05) is 45.7 Å². The predicted molar refractivity (Wildman–Crippen MR) is 133 cm³/mol. The highest BCUT2D eigenvalue weighted by Crippen LogP contribution is 2.33. The van der Waals surface area contributed by atoms with E-state index in [2.05, 4.69) is 10.2 Å². The van der Waals surface area contributed by atoms with Crippen LogP contribution in [0, 0.1) is 5.92 Å². The molecule has 0 spiro atoms. The maximum Gasteiger partial charge on any atom is 0.255 e. The molecule has 2 fully saturated rings. The molecule has 2 amide bonds. The molecule has 1 aliphatic heterocycles. The topological polar surface area (TPSA) is 71.1 Å². The number of rotatable bonds is 7. The van der Waals surface area contributed by atoms with E-state index in [-0.39, 0.29) is 17.9 Å². The average Bonchev–Trinajstić information content (AvgIpc) is 3.38. The van der Waals surface area contributed by atoms with Gasteiger partial charge in [-0.1, -0.05) is 36.6 Å². The van der Waals surface area contributed by atoms with Crippen LogP contribution in [0.3, 0.4) is 0 Å². The van der Waals surface area contributed by atoms with Crippen LogP contribution in [0.15, 0.2) is 42.5 Å². The summed E-state index contributed by atoms with van der Waals surface area (Å²) in [5.74, 6) is 1.44. The molecule has 2 aliphatic rings. The van der Waals surface area contributed by atoms with Crippen molar-refractivity contribution in [2.45, 2.75) is 31.7 Å². The van der Waals surface area contributed by atoms with Gasteiger partial charge in [-0.15, -0.1) is 0 Å². The number of ether oxygens (including phenoxy) is 2. The number of nitrogens with zero attached hydrogens (tertiary/aromatic N) is 2. The van der Waals surface area contributed by atoms with Gasteiger partial charge < -0.3 is 19.7 Å². The van der Waals surface area contributed by atoms with E-state index in [1.165, 1.54) is 0 Å². The summed E-state index contributed by atoms with van der Waals surface area (Å²) < 4.78 is 10.7. The molecule has 0 unspecified atom stereocenters. The van der Waals surface area contributed by atoms with Crippen LogP contribution in [-0.4, -0.2) is 68.1 Å². The second kappa shape index (κ2) is 11.1. The predicted octanol–water partition coefficient (Wildman–Crippen LogP) is 4.31. The second-order valence-electron chi connectivity index (χ2n) is 8.86. The summed E-state index contributed by atoms with van der Waals surface area (Å²) in [6.45, 7) is 2.43. The average molecular weight is 486 g/mol. The van der Waals surface area contributed by atoms with E-state index in [1.807, 2.05) is 23.1 Å². The summed E-state index contributed by atoms with van der Waals surface area (Å²) in [5.41, 5.74) is 1.20. The van der Waals surface area contributed by atoms with Crippen LogP contribution in [0.5, 0.6) is 11.5 Å². The number of carbonyl (C=O) groups is 2. The van der Waals surface area contributed by atoms with Crippen LogP contribution < -0.4 is 14.8 Å². The van der Waals surface area contributed by atoms with Gasteiger partial charge in [-0.3, -0.25) is 14.5 Å². The largest absolute Gasteiger partial charge is 0.493 e. The van der Waals surface area contributed by atoms with Gasteiger partial charge in [-0.2, -0.15) is 0 Å². The van der Waals surface area contributed by atoms with E-state index in [0.29, 0.717) is 59.9 Å². The van der Waals surface area contributed by atoms with Crippen molar-refractivity contribution < 1.29 is 19.1 Å². The van der Waals surface area contributed by atoms with Crippen molar-refractivity contribution in [3.8, 4) is 11.5 Å². The zero-order valence-corrected chi connectivity index (χ0v) is 20.5. The SMILES string of the molecule is COc1ccc(NC(=O)[C@H](C2CCCC2)N2CCN(C(=O)c3ccccc3Cl)CC2)cc1OC. The lowest BCUT2D eigenvalue weighted by molar-refractivity contribution is -0.123.